The third kappa shape index (κ3) is 1.94. The van der Waals surface area contributed by atoms with Gasteiger partial charge in [0.2, 0.25) is 0 Å². The molecule has 0 radical (unpaired) electrons. The van der Waals surface area contributed by atoms with Crippen molar-refractivity contribution in [2.24, 2.45) is 0 Å². The summed E-state index contributed by atoms with van der Waals surface area (Å²) < 4.78 is 24.1. The minimum absolute atomic E-state index is 0. The van der Waals surface area contributed by atoms with Crippen LogP contribution in [0.1, 0.15) is 0 Å². The maximum absolute atomic E-state index is 12.0. The maximum atomic E-state index is 12.0. The monoisotopic (exact) mass is 152 g/mol. The summed E-state index contributed by atoms with van der Waals surface area (Å²) in [6, 6.07) is 2.99. The average Bonchev–Trinajstić information content (AvgIpc) is 1.83. The van der Waals surface area contributed by atoms with Crippen LogP contribution in [0.3, 0.4) is 0 Å². The molecule has 0 saturated heterocycles. The van der Waals surface area contributed by atoms with Crippen molar-refractivity contribution in [1.82, 2.24) is 0 Å². The summed E-state index contributed by atoms with van der Waals surface area (Å²) in [6.45, 7) is 0. The molecule has 48 valence electrons. The molecular formula is C6H3F2NaO. The van der Waals surface area contributed by atoms with Crippen molar-refractivity contribution >= 4 is 0 Å². The van der Waals surface area contributed by atoms with E-state index in [-0.39, 0.29) is 29.6 Å². The van der Waals surface area contributed by atoms with E-state index in [1.165, 1.54) is 0 Å². The molecule has 4 heteroatoms. The summed E-state index contributed by atoms with van der Waals surface area (Å²) in [7, 11) is 0. The topological polar surface area (TPSA) is 23.1 Å². The van der Waals surface area contributed by atoms with Gasteiger partial charge in [0.15, 0.2) is 0 Å². The van der Waals surface area contributed by atoms with Gasteiger partial charge in [-0.15, -0.1) is 0 Å². The van der Waals surface area contributed by atoms with E-state index in [2.05, 4.69) is 0 Å². The molecule has 0 heterocycles. The molecule has 0 saturated carbocycles. The molecule has 0 aliphatic rings. The second kappa shape index (κ2) is 3.91. The van der Waals surface area contributed by atoms with Crippen LogP contribution < -0.4 is 34.7 Å². The summed E-state index contributed by atoms with van der Waals surface area (Å²) in [5.41, 5.74) is 0. The zero-order valence-corrected chi connectivity index (χ0v) is 7.40. The van der Waals surface area contributed by atoms with Gasteiger partial charge >= 0.3 is 29.6 Å². The predicted octanol–water partition coefficient (Wildman–Crippen LogP) is -1.96. The molecule has 0 fully saturated rings. The Labute approximate surface area is 79.0 Å². The molecule has 0 N–H and O–H groups in total. The third-order valence-corrected chi connectivity index (χ3v) is 0.919. The van der Waals surface area contributed by atoms with Gasteiger partial charge in [-0.25, -0.2) is 8.78 Å². The molecular weight excluding hydrogens is 149 g/mol. The van der Waals surface area contributed by atoms with Crippen LogP contribution in [0, 0.1) is 11.6 Å². The Hall–Kier alpha value is -0.120. The van der Waals surface area contributed by atoms with E-state index in [9.17, 15) is 13.9 Å². The Bertz CT molecular complexity index is 207. The first-order valence-electron chi connectivity index (χ1n) is 2.33. The molecule has 1 nitrogen and oxygen atoms in total. The Morgan fingerprint density at radius 3 is 1.80 bits per heavy atom. The molecule has 0 bridgehead atoms. The second-order valence-electron chi connectivity index (χ2n) is 1.55. The SMILES string of the molecule is [Na+].[O-]c1c(F)cccc1F. The first-order valence-corrected chi connectivity index (χ1v) is 2.33. The summed E-state index contributed by atoms with van der Waals surface area (Å²) in [5.74, 6) is -3.26. The first kappa shape index (κ1) is 9.88. The zero-order valence-electron chi connectivity index (χ0n) is 5.40. The van der Waals surface area contributed by atoms with Crippen LogP contribution in [0.15, 0.2) is 18.2 Å². The molecule has 0 amide bonds. The van der Waals surface area contributed by atoms with E-state index >= 15 is 0 Å². The van der Waals surface area contributed by atoms with E-state index in [1.54, 1.807) is 0 Å². The van der Waals surface area contributed by atoms with Crippen molar-refractivity contribution in [2.75, 3.05) is 0 Å². The average molecular weight is 152 g/mol. The molecule has 1 aromatic rings. The maximum Gasteiger partial charge on any atom is 1.00 e. The number of hydrogen-bond acceptors (Lipinski definition) is 1. The number of hydrogen-bond donors (Lipinski definition) is 0. The quantitative estimate of drug-likeness (QED) is 0.396. The van der Waals surface area contributed by atoms with Gasteiger partial charge in [-0.1, -0.05) is 6.07 Å². The summed E-state index contributed by atoms with van der Waals surface area (Å²) in [6.07, 6.45) is 0. The molecule has 1 aromatic carbocycles. The predicted molar refractivity (Wildman–Crippen MR) is 25.8 cm³/mol. The number of benzene rings is 1. The van der Waals surface area contributed by atoms with Gasteiger partial charge in [0, 0.05) is 0 Å². The van der Waals surface area contributed by atoms with Gasteiger partial charge in [0.1, 0.15) is 11.6 Å². The molecule has 1 rings (SSSR count). The normalized spacial score (nSPS) is 8.60. The first-order chi connectivity index (χ1) is 4.22. The van der Waals surface area contributed by atoms with E-state index in [4.69, 9.17) is 0 Å². The van der Waals surface area contributed by atoms with Crippen molar-refractivity contribution < 1.29 is 43.4 Å². The van der Waals surface area contributed by atoms with Crippen molar-refractivity contribution in [1.29, 1.82) is 0 Å². The van der Waals surface area contributed by atoms with Gasteiger partial charge in [0.05, 0.1) is 0 Å². The Morgan fingerprint density at radius 2 is 1.50 bits per heavy atom. The minimum atomic E-state index is -1.17. The van der Waals surface area contributed by atoms with Gasteiger partial charge in [-0.05, 0) is 17.9 Å². The standard InChI is InChI=1S/C6H4F2O.Na/c7-4-2-1-3-5(8)6(4)9;/h1-3,9H;/q;+1/p-1. The van der Waals surface area contributed by atoms with E-state index in [0.717, 1.165) is 18.2 Å². The van der Waals surface area contributed by atoms with Crippen LogP contribution in [-0.4, -0.2) is 0 Å². The summed E-state index contributed by atoms with van der Waals surface area (Å²) in [4.78, 5) is 0. The largest absolute Gasteiger partial charge is 1.00 e. The van der Waals surface area contributed by atoms with E-state index < -0.39 is 17.4 Å². The smallest absolute Gasteiger partial charge is 0.869 e. The van der Waals surface area contributed by atoms with E-state index in [1.807, 2.05) is 0 Å². The minimum Gasteiger partial charge on any atom is -0.869 e. The van der Waals surface area contributed by atoms with Crippen LogP contribution in [0.4, 0.5) is 8.78 Å². The molecule has 0 spiro atoms. The Kier molecular flexibility index (Phi) is 3.86. The van der Waals surface area contributed by atoms with Crippen molar-refractivity contribution in [3.8, 4) is 5.75 Å². The number of rotatable bonds is 0. The van der Waals surface area contributed by atoms with Crippen molar-refractivity contribution in [2.45, 2.75) is 0 Å². The number of para-hydroxylation sites is 1. The van der Waals surface area contributed by atoms with Crippen molar-refractivity contribution in [3.05, 3.63) is 29.8 Å². The second-order valence-corrected chi connectivity index (χ2v) is 1.55. The van der Waals surface area contributed by atoms with Crippen LogP contribution in [0.25, 0.3) is 0 Å². The summed E-state index contributed by atoms with van der Waals surface area (Å²) >= 11 is 0. The van der Waals surface area contributed by atoms with Gasteiger partial charge < -0.3 is 5.11 Å². The molecule has 0 unspecified atom stereocenters. The molecule has 0 atom stereocenters. The Morgan fingerprint density at radius 1 is 1.10 bits per heavy atom. The fourth-order valence-corrected chi connectivity index (χ4v) is 0.483. The summed E-state index contributed by atoms with van der Waals surface area (Å²) in [5, 5.41) is 10.2. The van der Waals surface area contributed by atoms with Gasteiger partial charge in [0.25, 0.3) is 0 Å². The van der Waals surface area contributed by atoms with Crippen LogP contribution in [0.5, 0.6) is 5.75 Å². The molecule has 0 aliphatic carbocycles. The molecule has 0 aliphatic heterocycles. The fraction of sp³-hybridized carbons (Fsp3) is 0. The van der Waals surface area contributed by atoms with E-state index in [0.29, 0.717) is 0 Å². The third-order valence-electron chi connectivity index (χ3n) is 0.919. The van der Waals surface area contributed by atoms with Gasteiger partial charge in [-0.2, -0.15) is 0 Å². The van der Waals surface area contributed by atoms with Crippen LogP contribution >= 0.6 is 0 Å². The molecule has 0 aromatic heterocycles. The zero-order chi connectivity index (χ0) is 6.85. The van der Waals surface area contributed by atoms with Crippen LogP contribution in [0.2, 0.25) is 0 Å². The van der Waals surface area contributed by atoms with Gasteiger partial charge in [-0.3, -0.25) is 0 Å². The Balaban J connectivity index is 0.000000810. The van der Waals surface area contributed by atoms with Crippen LogP contribution in [-0.2, 0) is 0 Å². The number of halogens is 2. The van der Waals surface area contributed by atoms with Crippen molar-refractivity contribution in [3.63, 3.8) is 0 Å². The molecule has 10 heavy (non-hydrogen) atoms. The fourth-order valence-electron chi connectivity index (χ4n) is 0.483.